The third-order valence-corrected chi connectivity index (χ3v) is 2.28. The number of rotatable bonds is 4. The summed E-state index contributed by atoms with van der Waals surface area (Å²) in [6.07, 6.45) is 0. The van der Waals surface area contributed by atoms with Crippen molar-refractivity contribution in [3.63, 3.8) is 0 Å². The lowest BCUT2D eigenvalue weighted by Gasteiger charge is -2.05. The maximum atomic E-state index is 12.9. The molecule has 0 amide bonds. The van der Waals surface area contributed by atoms with Crippen molar-refractivity contribution in [1.29, 1.82) is 0 Å². The monoisotopic (exact) mass is 272 g/mol. The molecule has 0 aliphatic carbocycles. The molecule has 0 atom stereocenters. The van der Waals surface area contributed by atoms with Crippen LogP contribution < -0.4 is 5.32 Å². The molecular weight excluding hydrogens is 265 g/mol. The summed E-state index contributed by atoms with van der Waals surface area (Å²) in [5, 5.41) is 12.9. The van der Waals surface area contributed by atoms with Gasteiger partial charge in [-0.05, 0) is 6.07 Å². The highest BCUT2D eigenvalue weighted by Crippen LogP contribution is 2.20. The van der Waals surface area contributed by atoms with Crippen molar-refractivity contribution in [3.8, 4) is 0 Å². The van der Waals surface area contributed by atoms with E-state index in [4.69, 9.17) is 4.42 Å². The Kier molecular flexibility index (Phi) is 3.41. The fourth-order valence-electron chi connectivity index (χ4n) is 1.41. The van der Waals surface area contributed by atoms with Gasteiger partial charge in [-0.25, -0.2) is 13.2 Å². The second-order valence-corrected chi connectivity index (χ2v) is 3.60. The van der Waals surface area contributed by atoms with Crippen molar-refractivity contribution in [2.45, 2.75) is 6.54 Å². The second kappa shape index (κ2) is 5.01. The van der Waals surface area contributed by atoms with Crippen LogP contribution in [0.5, 0.6) is 0 Å². The molecule has 1 aromatic carbocycles. The third-order valence-electron chi connectivity index (χ3n) is 2.28. The molecule has 2 aromatic rings. The molecule has 0 aliphatic rings. The summed E-state index contributed by atoms with van der Waals surface area (Å²) in [5.74, 6) is -4.44. The largest absolute Gasteiger partial charge is 0.433 e. The van der Waals surface area contributed by atoms with E-state index in [9.17, 15) is 23.3 Å². The average Bonchev–Trinajstić information content (AvgIpc) is 2.82. The summed E-state index contributed by atoms with van der Waals surface area (Å²) < 4.78 is 43.3. The molecule has 0 fully saturated rings. The number of furan rings is 1. The summed E-state index contributed by atoms with van der Waals surface area (Å²) in [6, 6.07) is 4.05. The molecule has 0 spiro atoms. The minimum Gasteiger partial charge on any atom is -0.404 e. The van der Waals surface area contributed by atoms with Crippen LogP contribution in [0.4, 0.5) is 24.7 Å². The van der Waals surface area contributed by atoms with Crippen LogP contribution in [0.1, 0.15) is 5.76 Å². The Bertz CT molecular complexity index is 604. The van der Waals surface area contributed by atoms with E-state index < -0.39 is 28.3 Å². The number of anilines is 1. The Labute approximate surface area is 104 Å². The number of nitrogens with zero attached hydrogens (tertiary/aromatic N) is 1. The smallest absolute Gasteiger partial charge is 0.404 e. The zero-order chi connectivity index (χ0) is 14.0. The van der Waals surface area contributed by atoms with Gasteiger partial charge >= 0.3 is 5.88 Å². The fraction of sp³-hybridized carbons (Fsp3) is 0.0909. The van der Waals surface area contributed by atoms with Crippen LogP contribution in [-0.4, -0.2) is 4.92 Å². The average molecular weight is 272 g/mol. The molecule has 100 valence electrons. The van der Waals surface area contributed by atoms with Crippen molar-refractivity contribution < 1.29 is 22.5 Å². The van der Waals surface area contributed by atoms with E-state index in [2.05, 4.69) is 5.32 Å². The van der Waals surface area contributed by atoms with E-state index >= 15 is 0 Å². The molecule has 1 N–H and O–H groups in total. The van der Waals surface area contributed by atoms with Crippen LogP contribution in [0.2, 0.25) is 0 Å². The second-order valence-electron chi connectivity index (χ2n) is 3.60. The van der Waals surface area contributed by atoms with Gasteiger partial charge in [-0.15, -0.1) is 0 Å². The highest BCUT2D eigenvalue weighted by Gasteiger charge is 2.13. The molecule has 0 unspecified atom stereocenters. The topological polar surface area (TPSA) is 68.3 Å². The van der Waals surface area contributed by atoms with E-state index in [1.54, 1.807) is 0 Å². The van der Waals surface area contributed by atoms with Gasteiger partial charge in [0.15, 0.2) is 17.5 Å². The first-order valence-electron chi connectivity index (χ1n) is 5.09. The fourth-order valence-corrected chi connectivity index (χ4v) is 1.41. The lowest BCUT2D eigenvalue weighted by Crippen LogP contribution is -2.01. The standard InChI is InChI=1S/C11H7F3N2O3/c12-8-3-6(4-9(13)11(8)14)15-5-7-1-2-10(19-7)16(17)18/h1-4,15H,5H2. The summed E-state index contributed by atoms with van der Waals surface area (Å²) in [7, 11) is 0. The number of nitro groups is 1. The van der Waals surface area contributed by atoms with E-state index in [0.717, 1.165) is 18.2 Å². The molecule has 5 nitrogen and oxygen atoms in total. The first kappa shape index (κ1) is 12.9. The van der Waals surface area contributed by atoms with Crippen LogP contribution >= 0.6 is 0 Å². The lowest BCUT2D eigenvalue weighted by molar-refractivity contribution is -0.402. The summed E-state index contributed by atoms with van der Waals surface area (Å²) >= 11 is 0. The molecular formula is C11H7F3N2O3. The van der Waals surface area contributed by atoms with Crippen molar-refractivity contribution >= 4 is 11.6 Å². The van der Waals surface area contributed by atoms with E-state index in [0.29, 0.717) is 0 Å². The number of hydrogen-bond acceptors (Lipinski definition) is 4. The number of halogens is 3. The summed E-state index contributed by atoms with van der Waals surface area (Å²) in [6.45, 7) is -0.0294. The Balaban J connectivity index is 2.08. The van der Waals surface area contributed by atoms with Gasteiger partial charge in [-0.2, -0.15) is 0 Å². The van der Waals surface area contributed by atoms with Crippen molar-refractivity contribution in [1.82, 2.24) is 0 Å². The predicted molar refractivity (Wildman–Crippen MR) is 59.0 cm³/mol. The molecule has 0 aliphatic heterocycles. The molecule has 8 heteroatoms. The highest BCUT2D eigenvalue weighted by molar-refractivity contribution is 5.44. The van der Waals surface area contributed by atoms with Gasteiger partial charge in [-0.1, -0.05) is 0 Å². The van der Waals surface area contributed by atoms with Gasteiger partial charge in [0.25, 0.3) is 0 Å². The van der Waals surface area contributed by atoms with E-state index in [1.165, 1.54) is 6.07 Å². The third kappa shape index (κ3) is 2.84. The number of benzene rings is 1. The Hall–Kier alpha value is -2.51. The maximum Gasteiger partial charge on any atom is 0.433 e. The van der Waals surface area contributed by atoms with Gasteiger partial charge in [0.05, 0.1) is 12.6 Å². The zero-order valence-corrected chi connectivity index (χ0v) is 9.32. The van der Waals surface area contributed by atoms with Crippen molar-refractivity contribution in [2.24, 2.45) is 0 Å². The minimum absolute atomic E-state index is 0.00421. The molecule has 0 saturated carbocycles. The van der Waals surface area contributed by atoms with Crippen LogP contribution in [0, 0.1) is 27.6 Å². The summed E-state index contributed by atoms with van der Waals surface area (Å²) in [4.78, 5) is 9.66. The normalized spacial score (nSPS) is 10.5. The van der Waals surface area contributed by atoms with Crippen molar-refractivity contribution in [2.75, 3.05) is 5.32 Å². The van der Waals surface area contributed by atoms with Crippen LogP contribution in [0.15, 0.2) is 28.7 Å². The highest BCUT2D eigenvalue weighted by atomic mass is 19.2. The van der Waals surface area contributed by atoms with Crippen molar-refractivity contribution in [3.05, 3.63) is 57.6 Å². The Morgan fingerprint density at radius 1 is 1.21 bits per heavy atom. The van der Waals surface area contributed by atoms with Gasteiger partial charge in [-0.3, -0.25) is 10.1 Å². The molecule has 19 heavy (non-hydrogen) atoms. The molecule has 1 aromatic heterocycles. The molecule has 0 radical (unpaired) electrons. The molecule has 0 bridgehead atoms. The lowest BCUT2D eigenvalue weighted by atomic mass is 10.3. The van der Waals surface area contributed by atoms with Crippen LogP contribution in [0.3, 0.4) is 0 Å². The minimum atomic E-state index is -1.56. The first-order valence-corrected chi connectivity index (χ1v) is 5.09. The maximum absolute atomic E-state index is 12.9. The van der Waals surface area contributed by atoms with E-state index in [1.807, 2.05) is 0 Å². The number of hydrogen-bond donors (Lipinski definition) is 1. The predicted octanol–water partition coefficient (Wildman–Crippen LogP) is 3.22. The van der Waals surface area contributed by atoms with Gasteiger partial charge < -0.3 is 9.73 Å². The van der Waals surface area contributed by atoms with Gasteiger partial charge in [0.2, 0.25) is 0 Å². The molecule has 1 heterocycles. The molecule has 2 rings (SSSR count). The first-order chi connectivity index (χ1) is 8.97. The van der Waals surface area contributed by atoms with Crippen LogP contribution in [-0.2, 0) is 6.54 Å². The SMILES string of the molecule is O=[N+]([O-])c1ccc(CNc2cc(F)c(F)c(F)c2)o1. The Morgan fingerprint density at radius 3 is 2.37 bits per heavy atom. The quantitative estimate of drug-likeness (QED) is 0.527. The van der Waals surface area contributed by atoms with Gasteiger partial charge in [0.1, 0.15) is 10.7 Å². The van der Waals surface area contributed by atoms with E-state index in [-0.39, 0.29) is 18.0 Å². The molecule has 0 saturated heterocycles. The van der Waals surface area contributed by atoms with Gasteiger partial charge in [0, 0.05) is 17.8 Å². The summed E-state index contributed by atoms with van der Waals surface area (Å²) in [5.41, 5.74) is -0.00421. The Morgan fingerprint density at radius 2 is 1.84 bits per heavy atom. The zero-order valence-electron chi connectivity index (χ0n) is 9.32. The number of nitrogens with one attached hydrogen (secondary N) is 1. The van der Waals surface area contributed by atoms with Crippen LogP contribution in [0.25, 0.3) is 0 Å².